The first kappa shape index (κ1) is 31.0. The molecule has 1 unspecified atom stereocenters. The van der Waals surface area contributed by atoms with Gasteiger partial charge in [0.05, 0.1) is 24.2 Å². The summed E-state index contributed by atoms with van der Waals surface area (Å²) in [5.41, 5.74) is 0.319. The molecule has 0 radical (unpaired) electrons. The first-order chi connectivity index (χ1) is 19.4. The molecule has 2 aliphatic rings. The zero-order chi connectivity index (χ0) is 29.7. The third-order valence-corrected chi connectivity index (χ3v) is 9.47. The fourth-order valence-electron chi connectivity index (χ4n) is 4.99. The zero-order valence-electron chi connectivity index (χ0n) is 23.7. The second-order valence-corrected chi connectivity index (χ2v) is 13.5. The maximum Gasteiger partial charge on any atom is 0.404 e. The topological polar surface area (TPSA) is 153 Å². The predicted octanol–water partition coefficient (Wildman–Crippen LogP) is 2.96. The van der Waals surface area contributed by atoms with Crippen LogP contribution in [-0.4, -0.2) is 81.0 Å². The molecule has 3 atom stereocenters. The van der Waals surface area contributed by atoms with E-state index in [-0.39, 0.29) is 24.5 Å². The molecule has 0 bridgehead atoms. The van der Waals surface area contributed by atoms with Gasteiger partial charge in [0.2, 0.25) is 0 Å². The highest BCUT2D eigenvalue weighted by Gasteiger charge is 2.41. The minimum absolute atomic E-state index is 0.0786. The van der Waals surface area contributed by atoms with E-state index >= 15 is 0 Å². The lowest BCUT2D eigenvalue weighted by molar-refractivity contribution is -0.151. The highest BCUT2D eigenvalue weighted by molar-refractivity contribution is 7.92. The number of fused-ring (bicyclic) bond motifs is 1. The summed E-state index contributed by atoms with van der Waals surface area (Å²) in [7, 11) is -4.25. The number of nitrogens with one attached hydrogen (secondary N) is 2. The highest BCUT2D eigenvalue weighted by Crippen LogP contribution is 2.35. The number of sulfone groups is 1. The number of carboxylic acid groups (broad SMARTS) is 1. The highest BCUT2D eigenvalue weighted by atomic mass is 32.2. The van der Waals surface area contributed by atoms with Crippen molar-refractivity contribution < 1.29 is 42.4 Å². The van der Waals surface area contributed by atoms with Crippen molar-refractivity contribution in [1.82, 2.24) is 10.6 Å². The first-order valence-electron chi connectivity index (χ1n) is 13.7. The molecule has 1 fully saturated rings. The lowest BCUT2D eigenvalue weighted by atomic mass is 9.86. The van der Waals surface area contributed by atoms with Gasteiger partial charge in [0.25, 0.3) is 0 Å². The Hall–Kier alpha value is -2.90. The van der Waals surface area contributed by atoms with E-state index in [2.05, 4.69) is 10.6 Å². The Morgan fingerprint density at radius 2 is 1.68 bits per heavy atom. The molecule has 2 aromatic carbocycles. The van der Waals surface area contributed by atoms with Crippen molar-refractivity contribution in [2.24, 2.45) is 5.41 Å². The molecule has 41 heavy (non-hydrogen) atoms. The van der Waals surface area contributed by atoms with Crippen molar-refractivity contribution in [3.05, 3.63) is 54.1 Å². The van der Waals surface area contributed by atoms with Gasteiger partial charge in [0.15, 0.2) is 27.1 Å². The van der Waals surface area contributed by atoms with Crippen LogP contribution in [0.15, 0.2) is 53.4 Å². The third kappa shape index (κ3) is 8.10. The SMILES string of the molecule is CC(C)(CCC1(C)OCCO1)CNC([C@H](O)[C@H](Cc1ccccc1)NC(=O)O)S(=O)(=O)c1ccc2c(c1)OCCO2. The Kier molecular flexibility index (Phi) is 9.81. The molecule has 4 rings (SSSR count). The molecule has 0 saturated carbocycles. The molecule has 1 saturated heterocycles. The second-order valence-electron chi connectivity index (χ2n) is 11.4. The van der Waals surface area contributed by atoms with E-state index in [0.717, 1.165) is 5.56 Å². The monoisotopic (exact) mass is 592 g/mol. The van der Waals surface area contributed by atoms with Crippen molar-refractivity contribution in [1.29, 1.82) is 0 Å². The van der Waals surface area contributed by atoms with Crippen LogP contribution in [0.2, 0.25) is 0 Å². The fraction of sp³-hybridized carbons (Fsp3) is 0.552. The normalized spacial score (nSPS) is 18.8. The number of carbonyl (C=O) groups is 1. The number of benzene rings is 2. The largest absolute Gasteiger partial charge is 0.486 e. The minimum atomic E-state index is -4.25. The van der Waals surface area contributed by atoms with Crippen LogP contribution in [0.25, 0.3) is 0 Å². The van der Waals surface area contributed by atoms with Crippen LogP contribution >= 0.6 is 0 Å². The summed E-state index contributed by atoms with van der Waals surface area (Å²) in [5, 5.41) is 25.0. The van der Waals surface area contributed by atoms with Gasteiger partial charge in [-0.3, -0.25) is 5.32 Å². The molecule has 12 heteroatoms. The number of amides is 1. The van der Waals surface area contributed by atoms with E-state index in [1.165, 1.54) is 18.2 Å². The third-order valence-electron chi connectivity index (χ3n) is 7.44. The van der Waals surface area contributed by atoms with Gasteiger partial charge in [-0.2, -0.15) is 0 Å². The molecular formula is C29H40N2O9S. The summed E-state index contributed by atoms with van der Waals surface area (Å²) in [6.45, 7) is 7.74. The van der Waals surface area contributed by atoms with Crippen LogP contribution in [0.4, 0.5) is 4.79 Å². The molecule has 0 spiro atoms. The molecular weight excluding hydrogens is 552 g/mol. The number of hydrogen-bond acceptors (Lipinski definition) is 9. The summed E-state index contributed by atoms with van der Waals surface area (Å²) in [5.74, 6) is 0.0283. The van der Waals surface area contributed by atoms with Crippen LogP contribution in [0.3, 0.4) is 0 Å². The number of hydrogen-bond donors (Lipinski definition) is 4. The molecule has 0 aromatic heterocycles. The summed E-state index contributed by atoms with van der Waals surface area (Å²) in [6.07, 6.45) is -1.69. The molecule has 2 aliphatic heterocycles. The Balaban J connectivity index is 1.62. The van der Waals surface area contributed by atoms with Gasteiger partial charge < -0.3 is 34.5 Å². The lowest BCUT2D eigenvalue weighted by Gasteiger charge is -2.35. The standard InChI is InChI=1S/C29H40N2O9S/c1-28(2,11-12-29(3)39-15-16-40-29)19-30-26(25(32)22(31-27(33)34)17-20-7-5-4-6-8-20)41(35,36)21-9-10-23-24(18-21)38-14-13-37-23/h4-10,18,22,25-26,30-32H,11-17,19H2,1-3H3,(H,33,34)/t22-,25+,26?/m0/s1. The van der Waals surface area contributed by atoms with Crippen molar-refractivity contribution >= 4 is 15.9 Å². The Bertz CT molecular complexity index is 1280. The Labute approximate surface area is 241 Å². The van der Waals surface area contributed by atoms with Crippen molar-refractivity contribution in [2.75, 3.05) is 33.0 Å². The van der Waals surface area contributed by atoms with Crippen molar-refractivity contribution in [3.8, 4) is 11.5 Å². The van der Waals surface area contributed by atoms with Gasteiger partial charge in [0, 0.05) is 19.0 Å². The van der Waals surface area contributed by atoms with Gasteiger partial charge in [-0.15, -0.1) is 0 Å². The van der Waals surface area contributed by atoms with Gasteiger partial charge >= 0.3 is 6.09 Å². The van der Waals surface area contributed by atoms with E-state index in [0.29, 0.717) is 44.2 Å². The van der Waals surface area contributed by atoms with E-state index < -0.39 is 44.7 Å². The number of ether oxygens (including phenoxy) is 4. The van der Waals surface area contributed by atoms with Gasteiger partial charge in [-0.25, -0.2) is 13.2 Å². The molecule has 1 amide bonds. The molecule has 2 heterocycles. The van der Waals surface area contributed by atoms with E-state index in [9.17, 15) is 23.4 Å². The second kappa shape index (κ2) is 13.0. The van der Waals surface area contributed by atoms with Crippen LogP contribution in [-0.2, 0) is 25.7 Å². The average Bonchev–Trinajstić information content (AvgIpc) is 3.38. The zero-order valence-corrected chi connectivity index (χ0v) is 24.5. The van der Waals surface area contributed by atoms with Gasteiger partial charge in [-0.1, -0.05) is 44.2 Å². The van der Waals surface area contributed by atoms with Crippen molar-refractivity contribution in [3.63, 3.8) is 0 Å². The molecule has 11 nitrogen and oxygen atoms in total. The van der Waals surface area contributed by atoms with E-state index in [1.54, 1.807) is 24.3 Å². The van der Waals surface area contributed by atoms with E-state index in [1.807, 2.05) is 26.8 Å². The van der Waals surface area contributed by atoms with Crippen LogP contribution in [0.1, 0.15) is 39.2 Å². The van der Waals surface area contributed by atoms with Gasteiger partial charge in [-0.05, 0) is 42.9 Å². The maximum atomic E-state index is 14.1. The average molecular weight is 593 g/mol. The van der Waals surface area contributed by atoms with Crippen LogP contribution in [0, 0.1) is 5.41 Å². The first-order valence-corrected chi connectivity index (χ1v) is 15.3. The van der Waals surface area contributed by atoms with Crippen LogP contribution in [0.5, 0.6) is 11.5 Å². The Morgan fingerprint density at radius 1 is 1.02 bits per heavy atom. The summed E-state index contributed by atoms with van der Waals surface area (Å²) < 4.78 is 50.8. The minimum Gasteiger partial charge on any atom is -0.486 e. The molecule has 226 valence electrons. The van der Waals surface area contributed by atoms with E-state index in [4.69, 9.17) is 18.9 Å². The van der Waals surface area contributed by atoms with Gasteiger partial charge in [0.1, 0.15) is 24.7 Å². The predicted molar refractivity (Wildman–Crippen MR) is 151 cm³/mol. The number of rotatable bonds is 13. The fourth-order valence-corrected chi connectivity index (χ4v) is 6.67. The smallest absolute Gasteiger partial charge is 0.404 e. The summed E-state index contributed by atoms with van der Waals surface area (Å²) in [4.78, 5) is 11.6. The maximum absolute atomic E-state index is 14.1. The molecule has 4 N–H and O–H groups in total. The van der Waals surface area contributed by atoms with Crippen LogP contribution < -0.4 is 20.1 Å². The summed E-state index contributed by atoms with van der Waals surface area (Å²) in [6, 6.07) is 12.2. The van der Waals surface area contributed by atoms with Crippen molar-refractivity contribution in [2.45, 2.75) is 68.2 Å². The Morgan fingerprint density at radius 3 is 2.34 bits per heavy atom. The molecule has 0 aliphatic carbocycles. The number of aliphatic hydroxyl groups excluding tert-OH is 1. The molecule has 2 aromatic rings. The summed E-state index contributed by atoms with van der Waals surface area (Å²) >= 11 is 0. The lowest BCUT2D eigenvalue weighted by Crippen LogP contribution is -2.57. The quantitative estimate of drug-likeness (QED) is 0.273. The number of aliphatic hydroxyl groups is 1.